The second-order valence-corrected chi connectivity index (χ2v) is 11.1. The van der Waals surface area contributed by atoms with Crippen LogP contribution in [0, 0.1) is 3.57 Å². The van der Waals surface area contributed by atoms with Crippen LogP contribution < -0.4 is 10.3 Å². The molecule has 172 valence electrons. The molecule has 1 N–H and O–H groups in total. The minimum atomic E-state index is -0.421. The summed E-state index contributed by atoms with van der Waals surface area (Å²) in [5.41, 5.74) is 7.31. The highest BCUT2D eigenvalue weighted by atomic mass is 127. The van der Waals surface area contributed by atoms with E-state index in [1.54, 1.807) is 12.3 Å². The second kappa shape index (κ2) is 9.43. The standard InChI is InChI=1S/C25H24BrClIN3O2/c1-5-6-31-21-11-19(27)16(8-18(21)14(2)12-25(31,3)4)13-29-30-24(32)22-9-15-7-17(26)10-20(28)23(15)33-22/h7-13H,5-6H2,1-4H3,(H,30,32)/b29-13-. The molecule has 0 radical (unpaired) electrons. The van der Waals surface area contributed by atoms with Crippen LogP contribution in [0.5, 0.6) is 0 Å². The number of nitrogens with zero attached hydrogens (tertiary/aromatic N) is 2. The van der Waals surface area contributed by atoms with E-state index >= 15 is 0 Å². The predicted molar refractivity (Wildman–Crippen MR) is 149 cm³/mol. The molecule has 0 aliphatic carbocycles. The molecule has 33 heavy (non-hydrogen) atoms. The van der Waals surface area contributed by atoms with Crippen LogP contribution in [0.4, 0.5) is 5.69 Å². The Morgan fingerprint density at radius 2 is 2.06 bits per heavy atom. The van der Waals surface area contributed by atoms with Crippen molar-refractivity contribution in [1.29, 1.82) is 0 Å². The van der Waals surface area contributed by atoms with E-state index in [4.69, 9.17) is 16.0 Å². The van der Waals surface area contributed by atoms with Crippen molar-refractivity contribution in [3.05, 3.63) is 66.4 Å². The Labute approximate surface area is 220 Å². The summed E-state index contributed by atoms with van der Waals surface area (Å²) in [5, 5.41) is 5.57. The first-order valence-electron chi connectivity index (χ1n) is 10.6. The summed E-state index contributed by atoms with van der Waals surface area (Å²) in [6.07, 6.45) is 4.89. The van der Waals surface area contributed by atoms with Crippen LogP contribution in [0.25, 0.3) is 16.5 Å². The summed E-state index contributed by atoms with van der Waals surface area (Å²) in [4.78, 5) is 15.0. The quantitative estimate of drug-likeness (QED) is 0.177. The van der Waals surface area contributed by atoms with Gasteiger partial charge in [-0.2, -0.15) is 5.10 Å². The largest absolute Gasteiger partial charge is 0.450 e. The van der Waals surface area contributed by atoms with Gasteiger partial charge in [0.15, 0.2) is 5.76 Å². The van der Waals surface area contributed by atoms with E-state index in [0.29, 0.717) is 10.6 Å². The number of hydrogen-bond acceptors (Lipinski definition) is 4. The Bertz CT molecular complexity index is 1310. The molecule has 0 bridgehead atoms. The number of anilines is 1. The number of halogens is 3. The summed E-state index contributed by atoms with van der Waals surface area (Å²) < 4.78 is 7.58. The minimum absolute atomic E-state index is 0.0833. The second-order valence-electron chi connectivity index (χ2n) is 8.64. The Hall–Kier alpha value is -1.84. The first-order valence-corrected chi connectivity index (χ1v) is 12.9. The summed E-state index contributed by atoms with van der Waals surface area (Å²) in [6, 6.07) is 9.57. The lowest BCUT2D eigenvalue weighted by atomic mass is 9.88. The summed E-state index contributed by atoms with van der Waals surface area (Å²) in [6.45, 7) is 9.66. The van der Waals surface area contributed by atoms with Gasteiger partial charge in [-0.05, 0) is 85.7 Å². The van der Waals surface area contributed by atoms with Crippen molar-refractivity contribution in [2.45, 2.75) is 39.7 Å². The van der Waals surface area contributed by atoms with Gasteiger partial charge in [-0.25, -0.2) is 5.43 Å². The first-order chi connectivity index (χ1) is 15.6. The fraction of sp³-hybridized carbons (Fsp3) is 0.280. The normalized spacial score (nSPS) is 15.1. The van der Waals surface area contributed by atoms with Gasteiger partial charge in [0.05, 0.1) is 20.3 Å². The molecule has 2 heterocycles. The van der Waals surface area contributed by atoms with Crippen LogP contribution in [0.2, 0.25) is 5.02 Å². The van der Waals surface area contributed by atoms with E-state index in [-0.39, 0.29) is 11.3 Å². The number of furan rings is 1. The Morgan fingerprint density at radius 3 is 2.79 bits per heavy atom. The molecular formula is C25H24BrClIN3O2. The average Bonchev–Trinajstić information content (AvgIpc) is 3.16. The van der Waals surface area contributed by atoms with Crippen molar-refractivity contribution in [3.63, 3.8) is 0 Å². The highest BCUT2D eigenvalue weighted by Crippen LogP contribution is 2.41. The Kier molecular flexibility index (Phi) is 6.94. The van der Waals surface area contributed by atoms with Crippen molar-refractivity contribution >= 4 is 84.5 Å². The molecule has 0 spiro atoms. The molecule has 0 unspecified atom stereocenters. The van der Waals surface area contributed by atoms with E-state index in [0.717, 1.165) is 43.2 Å². The molecule has 0 saturated carbocycles. The Morgan fingerprint density at radius 1 is 1.30 bits per heavy atom. The fourth-order valence-electron chi connectivity index (χ4n) is 4.25. The number of allylic oxidation sites excluding steroid dienone is 1. The number of nitrogens with one attached hydrogen (secondary N) is 1. The third kappa shape index (κ3) is 4.86. The van der Waals surface area contributed by atoms with Crippen molar-refractivity contribution < 1.29 is 9.21 Å². The number of benzene rings is 2. The lowest BCUT2D eigenvalue weighted by Crippen LogP contribution is -2.45. The first kappa shape index (κ1) is 24.3. The number of carbonyl (C=O) groups is 1. The number of hydrazone groups is 1. The lowest BCUT2D eigenvalue weighted by Gasteiger charge is -2.43. The smallest absolute Gasteiger partial charge is 0.307 e. The fourth-order valence-corrected chi connectivity index (χ4v) is 6.12. The van der Waals surface area contributed by atoms with Gasteiger partial charge in [0, 0.05) is 33.2 Å². The van der Waals surface area contributed by atoms with Gasteiger partial charge < -0.3 is 9.32 Å². The molecule has 1 aliphatic heterocycles. The van der Waals surface area contributed by atoms with Gasteiger partial charge in [0.1, 0.15) is 5.58 Å². The maximum Gasteiger partial charge on any atom is 0.307 e. The zero-order valence-corrected chi connectivity index (χ0v) is 23.3. The molecule has 0 fully saturated rings. The molecule has 4 rings (SSSR count). The SMILES string of the molecule is CCCN1c2cc(Cl)c(/C=N\NC(=O)c3cc4cc(Br)cc(I)c4o3)cc2C(C)=CC1(C)C. The van der Waals surface area contributed by atoms with Gasteiger partial charge in [-0.15, -0.1) is 0 Å². The summed E-state index contributed by atoms with van der Waals surface area (Å²) in [7, 11) is 0. The van der Waals surface area contributed by atoms with Gasteiger partial charge in [-0.3, -0.25) is 4.79 Å². The lowest BCUT2D eigenvalue weighted by molar-refractivity contribution is 0.0929. The summed E-state index contributed by atoms with van der Waals surface area (Å²) in [5.74, 6) is -0.221. The van der Waals surface area contributed by atoms with Crippen LogP contribution in [-0.4, -0.2) is 24.2 Å². The van der Waals surface area contributed by atoms with Crippen LogP contribution >= 0.6 is 50.1 Å². The molecule has 0 saturated heterocycles. The predicted octanol–water partition coefficient (Wildman–Crippen LogP) is 7.63. The molecule has 1 aliphatic rings. The van der Waals surface area contributed by atoms with Crippen molar-refractivity contribution in [3.8, 4) is 0 Å². The van der Waals surface area contributed by atoms with Crippen LogP contribution in [0.1, 0.15) is 55.8 Å². The van der Waals surface area contributed by atoms with Gasteiger partial charge in [-0.1, -0.05) is 40.5 Å². The molecule has 1 amide bonds. The third-order valence-electron chi connectivity index (χ3n) is 5.67. The number of rotatable bonds is 5. The Balaban J connectivity index is 1.57. The topological polar surface area (TPSA) is 57.8 Å². The number of hydrogen-bond donors (Lipinski definition) is 1. The van der Waals surface area contributed by atoms with E-state index in [2.05, 4.69) is 87.7 Å². The minimum Gasteiger partial charge on any atom is -0.450 e. The highest BCUT2D eigenvalue weighted by molar-refractivity contribution is 14.1. The zero-order chi connectivity index (χ0) is 23.9. The monoisotopic (exact) mass is 639 g/mol. The molecule has 1 aromatic heterocycles. The van der Waals surface area contributed by atoms with Crippen molar-refractivity contribution in [2.24, 2.45) is 5.10 Å². The van der Waals surface area contributed by atoms with Crippen molar-refractivity contribution in [2.75, 3.05) is 11.4 Å². The molecular weight excluding hydrogens is 617 g/mol. The third-order valence-corrected chi connectivity index (χ3v) is 7.26. The molecule has 8 heteroatoms. The number of carbonyl (C=O) groups excluding carboxylic acids is 1. The molecule has 0 atom stereocenters. The van der Waals surface area contributed by atoms with Gasteiger partial charge in [0.2, 0.25) is 0 Å². The molecule has 5 nitrogen and oxygen atoms in total. The highest BCUT2D eigenvalue weighted by Gasteiger charge is 2.31. The zero-order valence-electron chi connectivity index (χ0n) is 18.8. The van der Waals surface area contributed by atoms with E-state index in [1.165, 1.54) is 5.57 Å². The number of fused-ring (bicyclic) bond motifs is 2. The summed E-state index contributed by atoms with van der Waals surface area (Å²) >= 11 is 12.3. The maximum absolute atomic E-state index is 12.6. The molecule has 2 aromatic carbocycles. The maximum atomic E-state index is 12.6. The molecule has 3 aromatic rings. The van der Waals surface area contributed by atoms with Gasteiger partial charge >= 0.3 is 5.91 Å². The number of amides is 1. The van der Waals surface area contributed by atoms with Crippen molar-refractivity contribution in [1.82, 2.24) is 5.43 Å². The van der Waals surface area contributed by atoms with Gasteiger partial charge in [0.25, 0.3) is 0 Å². The average molecular weight is 641 g/mol. The van der Waals surface area contributed by atoms with Crippen LogP contribution in [-0.2, 0) is 0 Å². The van der Waals surface area contributed by atoms with E-state index in [1.807, 2.05) is 24.3 Å². The van der Waals surface area contributed by atoms with Crippen LogP contribution in [0.3, 0.4) is 0 Å². The van der Waals surface area contributed by atoms with E-state index in [9.17, 15) is 4.79 Å². The van der Waals surface area contributed by atoms with Crippen LogP contribution in [0.15, 0.2) is 50.4 Å². The van der Waals surface area contributed by atoms with E-state index < -0.39 is 5.91 Å².